The molecule has 1 fully saturated rings. The van der Waals surface area contributed by atoms with Gasteiger partial charge in [-0.25, -0.2) is 0 Å². The van der Waals surface area contributed by atoms with Crippen molar-refractivity contribution in [3.05, 3.63) is 0 Å². The molecule has 0 amide bonds. The maximum absolute atomic E-state index is 5.23. The van der Waals surface area contributed by atoms with Gasteiger partial charge in [-0.2, -0.15) is 12.6 Å². The molecule has 1 aliphatic rings. The van der Waals surface area contributed by atoms with E-state index in [9.17, 15) is 0 Å². The largest absolute Gasteiger partial charge is 0.377 e. The molecule has 0 radical (unpaired) electrons. The average Bonchev–Trinajstić information content (AvgIpc) is 2.14. The van der Waals surface area contributed by atoms with Crippen LogP contribution in [0.4, 0.5) is 0 Å². The number of hydrogen-bond donors (Lipinski definition) is 1. The SMILES string of the molecule is SC[C@H]1CCCO1. The quantitative estimate of drug-likeness (QED) is 0.507. The van der Waals surface area contributed by atoms with Crippen molar-refractivity contribution in [3.8, 4) is 0 Å². The minimum absolute atomic E-state index is 0.461. The first-order valence-electron chi connectivity index (χ1n) is 2.66. The van der Waals surface area contributed by atoms with E-state index < -0.39 is 0 Å². The van der Waals surface area contributed by atoms with Crippen LogP contribution < -0.4 is 0 Å². The van der Waals surface area contributed by atoms with Crippen LogP contribution in [0.1, 0.15) is 12.8 Å². The van der Waals surface area contributed by atoms with Crippen LogP contribution in [0.15, 0.2) is 0 Å². The summed E-state index contributed by atoms with van der Waals surface area (Å²) in [5, 5.41) is 0. The van der Waals surface area contributed by atoms with E-state index >= 15 is 0 Å². The van der Waals surface area contributed by atoms with Crippen molar-refractivity contribution in [3.63, 3.8) is 0 Å². The molecule has 0 aromatic carbocycles. The summed E-state index contributed by atoms with van der Waals surface area (Å²) in [5.74, 6) is 0.889. The minimum atomic E-state index is 0.461. The van der Waals surface area contributed by atoms with E-state index in [4.69, 9.17) is 4.74 Å². The Morgan fingerprint density at radius 2 is 2.57 bits per heavy atom. The molecule has 0 unspecified atom stereocenters. The molecule has 0 saturated carbocycles. The molecule has 0 N–H and O–H groups in total. The summed E-state index contributed by atoms with van der Waals surface area (Å²) >= 11 is 4.09. The molecule has 0 aromatic heterocycles. The third-order valence-corrected chi connectivity index (χ3v) is 1.63. The Labute approximate surface area is 49.5 Å². The average molecular weight is 118 g/mol. The molecule has 1 atom stereocenters. The topological polar surface area (TPSA) is 9.23 Å². The molecule has 1 nitrogen and oxygen atoms in total. The molecule has 1 heterocycles. The summed E-state index contributed by atoms with van der Waals surface area (Å²) in [4.78, 5) is 0. The minimum Gasteiger partial charge on any atom is -0.377 e. The fraction of sp³-hybridized carbons (Fsp3) is 1.00. The zero-order valence-electron chi connectivity index (χ0n) is 4.26. The normalized spacial score (nSPS) is 31.3. The van der Waals surface area contributed by atoms with Gasteiger partial charge < -0.3 is 4.74 Å². The van der Waals surface area contributed by atoms with Gasteiger partial charge in [0.05, 0.1) is 6.10 Å². The van der Waals surface area contributed by atoms with E-state index in [-0.39, 0.29) is 0 Å². The molecular weight excluding hydrogens is 108 g/mol. The maximum Gasteiger partial charge on any atom is 0.0663 e. The molecule has 7 heavy (non-hydrogen) atoms. The van der Waals surface area contributed by atoms with Crippen molar-refractivity contribution < 1.29 is 4.74 Å². The Morgan fingerprint density at radius 1 is 1.71 bits per heavy atom. The molecule has 0 spiro atoms. The van der Waals surface area contributed by atoms with Gasteiger partial charge in [0.2, 0.25) is 0 Å². The predicted octanol–water partition coefficient (Wildman–Crippen LogP) is 1.10. The molecular formula is C5H10OS. The molecule has 0 aromatic rings. The summed E-state index contributed by atoms with van der Waals surface area (Å²) in [6, 6.07) is 0. The van der Waals surface area contributed by atoms with Gasteiger partial charge in [0.25, 0.3) is 0 Å². The van der Waals surface area contributed by atoms with Crippen LogP contribution in [-0.4, -0.2) is 18.5 Å². The molecule has 1 rings (SSSR count). The van der Waals surface area contributed by atoms with Crippen molar-refractivity contribution in [2.45, 2.75) is 18.9 Å². The van der Waals surface area contributed by atoms with Crippen LogP contribution in [-0.2, 0) is 4.74 Å². The van der Waals surface area contributed by atoms with Crippen molar-refractivity contribution in [2.75, 3.05) is 12.4 Å². The molecule has 0 aliphatic carbocycles. The highest BCUT2D eigenvalue weighted by Crippen LogP contribution is 2.11. The highest BCUT2D eigenvalue weighted by Gasteiger charge is 2.11. The van der Waals surface area contributed by atoms with E-state index in [1.165, 1.54) is 12.8 Å². The smallest absolute Gasteiger partial charge is 0.0663 e. The summed E-state index contributed by atoms with van der Waals surface area (Å²) < 4.78 is 5.23. The van der Waals surface area contributed by atoms with Gasteiger partial charge in [0.15, 0.2) is 0 Å². The van der Waals surface area contributed by atoms with Crippen LogP contribution in [0, 0.1) is 0 Å². The highest BCUT2D eigenvalue weighted by molar-refractivity contribution is 7.80. The van der Waals surface area contributed by atoms with Gasteiger partial charge in [0, 0.05) is 12.4 Å². The molecule has 42 valence electrons. The Balaban J connectivity index is 2.14. The van der Waals surface area contributed by atoms with Crippen LogP contribution in [0.25, 0.3) is 0 Å². The fourth-order valence-electron chi connectivity index (χ4n) is 0.788. The highest BCUT2D eigenvalue weighted by atomic mass is 32.1. The van der Waals surface area contributed by atoms with Crippen LogP contribution in [0.5, 0.6) is 0 Å². The van der Waals surface area contributed by atoms with Gasteiger partial charge in [-0.05, 0) is 12.8 Å². The number of thiol groups is 1. The summed E-state index contributed by atoms with van der Waals surface area (Å²) in [7, 11) is 0. The predicted molar refractivity (Wildman–Crippen MR) is 32.8 cm³/mol. The zero-order valence-corrected chi connectivity index (χ0v) is 5.16. The first kappa shape index (κ1) is 5.45. The lowest BCUT2D eigenvalue weighted by Gasteiger charge is -2.00. The first-order chi connectivity index (χ1) is 3.43. The van der Waals surface area contributed by atoms with Gasteiger partial charge >= 0.3 is 0 Å². The lowest BCUT2D eigenvalue weighted by atomic mass is 10.3. The number of hydrogen-bond acceptors (Lipinski definition) is 2. The Morgan fingerprint density at radius 3 is 2.86 bits per heavy atom. The Kier molecular flexibility index (Phi) is 2.00. The lowest BCUT2D eigenvalue weighted by molar-refractivity contribution is 0.129. The van der Waals surface area contributed by atoms with Crippen molar-refractivity contribution >= 4 is 12.6 Å². The fourth-order valence-corrected chi connectivity index (χ4v) is 1.08. The Bertz CT molecular complexity index is 50.0. The molecule has 2 heteroatoms. The summed E-state index contributed by atoms with van der Waals surface area (Å²) in [5.41, 5.74) is 0. The van der Waals surface area contributed by atoms with Crippen LogP contribution in [0.2, 0.25) is 0 Å². The summed E-state index contributed by atoms with van der Waals surface area (Å²) in [6.45, 7) is 0.950. The third kappa shape index (κ3) is 1.35. The van der Waals surface area contributed by atoms with Gasteiger partial charge in [-0.1, -0.05) is 0 Å². The summed E-state index contributed by atoms with van der Waals surface area (Å²) in [6.07, 6.45) is 2.90. The van der Waals surface area contributed by atoms with E-state index in [0.717, 1.165) is 12.4 Å². The molecule has 1 saturated heterocycles. The second kappa shape index (κ2) is 2.58. The van der Waals surface area contributed by atoms with Crippen LogP contribution in [0.3, 0.4) is 0 Å². The lowest BCUT2D eigenvalue weighted by Crippen LogP contribution is -2.04. The van der Waals surface area contributed by atoms with Crippen molar-refractivity contribution in [2.24, 2.45) is 0 Å². The van der Waals surface area contributed by atoms with Crippen molar-refractivity contribution in [1.82, 2.24) is 0 Å². The van der Waals surface area contributed by atoms with E-state index in [0.29, 0.717) is 6.10 Å². The maximum atomic E-state index is 5.23. The molecule has 0 bridgehead atoms. The second-order valence-corrected chi connectivity index (χ2v) is 2.18. The number of rotatable bonds is 1. The van der Waals surface area contributed by atoms with Gasteiger partial charge in [-0.3, -0.25) is 0 Å². The third-order valence-electron chi connectivity index (χ3n) is 1.23. The van der Waals surface area contributed by atoms with Crippen LogP contribution >= 0.6 is 12.6 Å². The second-order valence-electron chi connectivity index (χ2n) is 1.82. The zero-order chi connectivity index (χ0) is 5.11. The van der Waals surface area contributed by atoms with E-state index in [1.54, 1.807) is 0 Å². The standard InChI is InChI=1S/C5H10OS/c7-4-5-2-1-3-6-5/h5,7H,1-4H2/t5-/m1/s1. The Hall–Kier alpha value is 0.310. The van der Waals surface area contributed by atoms with Gasteiger partial charge in [0.1, 0.15) is 0 Å². The van der Waals surface area contributed by atoms with Crippen molar-refractivity contribution in [1.29, 1.82) is 0 Å². The van der Waals surface area contributed by atoms with Gasteiger partial charge in [-0.15, -0.1) is 0 Å². The van der Waals surface area contributed by atoms with E-state index in [1.807, 2.05) is 0 Å². The molecule has 1 aliphatic heterocycles. The van der Waals surface area contributed by atoms with E-state index in [2.05, 4.69) is 12.6 Å². The monoisotopic (exact) mass is 118 g/mol. The number of ether oxygens (including phenoxy) is 1. The first-order valence-corrected chi connectivity index (χ1v) is 3.29.